The second-order valence-electron chi connectivity index (χ2n) is 4.00. The van der Waals surface area contributed by atoms with Crippen molar-refractivity contribution in [1.82, 2.24) is 0 Å². The molecule has 0 unspecified atom stereocenters. The fraction of sp³-hybridized carbons (Fsp3) is 0.0714. The molecule has 0 aliphatic carbocycles. The molecule has 2 rings (SSSR count). The van der Waals surface area contributed by atoms with Crippen molar-refractivity contribution >= 4 is 17.5 Å². The molecule has 0 fully saturated rings. The molecule has 0 saturated heterocycles. The van der Waals surface area contributed by atoms with Gasteiger partial charge in [0, 0.05) is 10.5 Å². The van der Waals surface area contributed by atoms with E-state index in [2.05, 4.69) is 0 Å². The maximum Gasteiger partial charge on any atom is 0.200 e. The number of rotatable bonds is 3. The minimum atomic E-state index is -2.29. The largest absolute Gasteiger partial charge is 0.288 e. The van der Waals surface area contributed by atoms with Crippen LogP contribution < -0.4 is 0 Å². The summed E-state index contributed by atoms with van der Waals surface area (Å²) in [6, 6.07) is 5.52. The van der Waals surface area contributed by atoms with Gasteiger partial charge in [0.05, 0.1) is 0 Å². The van der Waals surface area contributed by atoms with E-state index < -0.39 is 40.4 Å². The molecule has 0 aliphatic rings. The van der Waals surface area contributed by atoms with Crippen LogP contribution in [-0.4, -0.2) is 12.0 Å². The molecule has 0 radical (unpaired) electrons. The number of carbonyl (C=O) groups excluding carboxylic acids is 1. The SMILES string of the molecule is CSc1ccc(C(=O)c2c(F)c(F)c(F)c(F)c2F)cc1. The molecule has 0 N–H and O–H groups in total. The van der Waals surface area contributed by atoms with Crippen LogP contribution >= 0.6 is 11.8 Å². The molecular formula is C14H7F5OS. The fourth-order valence-electron chi connectivity index (χ4n) is 1.69. The second kappa shape index (κ2) is 5.85. The van der Waals surface area contributed by atoms with Gasteiger partial charge in [-0.05, 0) is 30.5 Å². The Kier molecular flexibility index (Phi) is 4.32. The van der Waals surface area contributed by atoms with E-state index in [-0.39, 0.29) is 5.56 Å². The molecule has 21 heavy (non-hydrogen) atoms. The van der Waals surface area contributed by atoms with Gasteiger partial charge in [-0.25, -0.2) is 22.0 Å². The van der Waals surface area contributed by atoms with E-state index in [0.29, 0.717) is 0 Å². The summed E-state index contributed by atoms with van der Waals surface area (Å²) < 4.78 is 66.2. The van der Waals surface area contributed by atoms with Gasteiger partial charge in [-0.1, -0.05) is 0 Å². The lowest BCUT2D eigenvalue weighted by Gasteiger charge is -2.07. The average Bonchev–Trinajstić information content (AvgIpc) is 2.51. The Morgan fingerprint density at radius 3 is 1.67 bits per heavy atom. The average molecular weight is 318 g/mol. The van der Waals surface area contributed by atoms with E-state index in [4.69, 9.17) is 0 Å². The van der Waals surface area contributed by atoms with Gasteiger partial charge in [0.15, 0.2) is 29.1 Å². The number of carbonyl (C=O) groups is 1. The monoisotopic (exact) mass is 318 g/mol. The molecular weight excluding hydrogens is 311 g/mol. The molecule has 0 aromatic heterocycles. The van der Waals surface area contributed by atoms with Gasteiger partial charge in [-0.2, -0.15) is 0 Å². The Morgan fingerprint density at radius 1 is 0.810 bits per heavy atom. The van der Waals surface area contributed by atoms with Crippen LogP contribution in [0.4, 0.5) is 22.0 Å². The summed E-state index contributed by atoms with van der Waals surface area (Å²) in [5.41, 5.74) is -1.63. The highest BCUT2D eigenvalue weighted by atomic mass is 32.2. The van der Waals surface area contributed by atoms with Gasteiger partial charge >= 0.3 is 0 Å². The van der Waals surface area contributed by atoms with Crippen LogP contribution in [0.2, 0.25) is 0 Å². The van der Waals surface area contributed by atoms with Crippen LogP contribution in [0.5, 0.6) is 0 Å². The second-order valence-corrected chi connectivity index (χ2v) is 4.88. The van der Waals surface area contributed by atoms with Crippen LogP contribution in [0.25, 0.3) is 0 Å². The topological polar surface area (TPSA) is 17.1 Å². The zero-order valence-electron chi connectivity index (χ0n) is 10.5. The number of benzene rings is 2. The Morgan fingerprint density at radius 2 is 1.24 bits per heavy atom. The summed E-state index contributed by atoms with van der Waals surface area (Å²) in [5.74, 6) is -12.1. The van der Waals surface area contributed by atoms with E-state index in [0.717, 1.165) is 4.90 Å². The molecule has 110 valence electrons. The normalized spacial score (nSPS) is 10.8. The molecule has 0 aliphatic heterocycles. The first-order valence-electron chi connectivity index (χ1n) is 5.58. The highest BCUT2D eigenvalue weighted by molar-refractivity contribution is 7.98. The van der Waals surface area contributed by atoms with Gasteiger partial charge in [-0.3, -0.25) is 4.79 Å². The predicted molar refractivity (Wildman–Crippen MR) is 67.9 cm³/mol. The summed E-state index contributed by atoms with van der Waals surface area (Å²) in [6.45, 7) is 0. The third-order valence-corrected chi connectivity index (χ3v) is 3.53. The Bertz CT molecular complexity index is 683. The van der Waals surface area contributed by atoms with E-state index in [1.54, 1.807) is 6.26 Å². The van der Waals surface area contributed by atoms with E-state index in [1.807, 2.05) is 0 Å². The predicted octanol–water partition coefficient (Wildman–Crippen LogP) is 4.34. The third-order valence-electron chi connectivity index (χ3n) is 2.79. The lowest BCUT2D eigenvalue weighted by atomic mass is 10.0. The minimum absolute atomic E-state index is 0.170. The van der Waals surface area contributed by atoms with Crippen molar-refractivity contribution in [2.75, 3.05) is 6.26 Å². The summed E-state index contributed by atoms with van der Waals surface area (Å²) in [6.07, 6.45) is 1.78. The Balaban J connectivity index is 2.58. The zero-order valence-corrected chi connectivity index (χ0v) is 11.3. The third kappa shape index (κ3) is 2.65. The number of hydrogen-bond acceptors (Lipinski definition) is 2. The number of halogens is 5. The number of hydrogen-bond donors (Lipinski definition) is 0. The van der Waals surface area contributed by atoms with Crippen molar-refractivity contribution in [1.29, 1.82) is 0 Å². The molecule has 2 aromatic carbocycles. The van der Waals surface area contributed by atoms with Gasteiger partial charge in [0.2, 0.25) is 5.82 Å². The van der Waals surface area contributed by atoms with Crippen LogP contribution in [-0.2, 0) is 0 Å². The standard InChI is InChI=1S/C14H7F5OS/c1-21-7-4-2-6(3-5-7)14(20)8-9(15)11(17)13(19)12(18)10(8)16/h2-5H,1H3. The maximum absolute atomic E-state index is 13.5. The Labute approximate surface area is 120 Å². The van der Waals surface area contributed by atoms with Crippen LogP contribution in [0.15, 0.2) is 29.2 Å². The van der Waals surface area contributed by atoms with Crippen LogP contribution in [0.1, 0.15) is 15.9 Å². The molecule has 0 heterocycles. The Hall–Kier alpha value is -1.89. The van der Waals surface area contributed by atoms with Crippen molar-refractivity contribution in [3.05, 3.63) is 64.5 Å². The van der Waals surface area contributed by atoms with Crippen molar-refractivity contribution in [3.8, 4) is 0 Å². The fourth-order valence-corrected chi connectivity index (χ4v) is 2.10. The summed E-state index contributed by atoms with van der Waals surface area (Å²) in [7, 11) is 0. The van der Waals surface area contributed by atoms with E-state index >= 15 is 0 Å². The molecule has 0 amide bonds. The summed E-state index contributed by atoms with van der Waals surface area (Å²) >= 11 is 1.37. The van der Waals surface area contributed by atoms with Gasteiger partial charge in [0.25, 0.3) is 0 Å². The molecule has 7 heteroatoms. The van der Waals surface area contributed by atoms with Crippen LogP contribution in [0.3, 0.4) is 0 Å². The minimum Gasteiger partial charge on any atom is -0.288 e. The first-order chi connectivity index (χ1) is 9.88. The lowest BCUT2D eigenvalue weighted by Crippen LogP contribution is -2.13. The van der Waals surface area contributed by atoms with Crippen molar-refractivity contribution in [3.63, 3.8) is 0 Å². The lowest BCUT2D eigenvalue weighted by molar-refractivity contribution is 0.102. The molecule has 0 spiro atoms. The first kappa shape index (κ1) is 15.5. The highest BCUT2D eigenvalue weighted by Gasteiger charge is 2.30. The zero-order chi connectivity index (χ0) is 15.7. The first-order valence-corrected chi connectivity index (χ1v) is 6.81. The molecule has 0 saturated carbocycles. The smallest absolute Gasteiger partial charge is 0.200 e. The van der Waals surface area contributed by atoms with E-state index in [1.165, 1.54) is 36.0 Å². The summed E-state index contributed by atoms with van der Waals surface area (Å²) in [4.78, 5) is 12.7. The summed E-state index contributed by atoms with van der Waals surface area (Å²) in [5, 5.41) is 0. The van der Waals surface area contributed by atoms with Crippen molar-refractivity contribution in [2.24, 2.45) is 0 Å². The number of ketones is 1. The highest BCUT2D eigenvalue weighted by Crippen LogP contribution is 2.25. The van der Waals surface area contributed by atoms with Crippen LogP contribution in [0, 0.1) is 29.1 Å². The molecule has 0 bridgehead atoms. The maximum atomic E-state index is 13.5. The van der Waals surface area contributed by atoms with E-state index in [9.17, 15) is 26.7 Å². The van der Waals surface area contributed by atoms with Gasteiger partial charge in [0.1, 0.15) is 5.56 Å². The van der Waals surface area contributed by atoms with Crippen molar-refractivity contribution in [2.45, 2.75) is 4.90 Å². The molecule has 1 nitrogen and oxygen atoms in total. The van der Waals surface area contributed by atoms with Gasteiger partial charge < -0.3 is 0 Å². The van der Waals surface area contributed by atoms with Gasteiger partial charge in [-0.15, -0.1) is 11.8 Å². The molecule has 0 atom stereocenters. The molecule has 2 aromatic rings. The van der Waals surface area contributed by atoms with Crippen molar-refractivity contribution < 1.29 is 26.7 Å². The number of thioether (sulfide) groups is 1. The quantitative estimate of drug-likeness (QED) is 0.275.